The van der Waals surface area contributed by atoms with Crippen molar-refractivity contribution < 1.29 is 27.1 Å². The number of anilines is 2. The number of hydrogen-bond acceptors (Lipinski definition) is 5. The number of piperidine rings is 1. The van der Waals surface area contributed by atoms with Gasteiger partial charge in [-0.1, -0.05) is 6.42 Å². The summed E-state index contributed by atoms with van der Waals surface area (Å²) < 4.78 is 46.5. The molecule has 10 heteroatoms. The SMILES string of the molecule is CC1CCCCN1S(=O)(=O)c1ccc(C(=O)Nc2cc(F)ccc2NC(=O)OC(C)(C)C)cc1. The Morgan fingerprint density at radius 2 is 1.71 bits per heavy atom. The topological polar surface area (TPSA) is 105 Å². The van der Waals surface area contributed by atoms with Crippen LogP contribution in [0.3, 0.4) is 0 Å². The van der Waals surface area contributed by atoms with Gasteiger partial charge in [-0.25, -0.2) is 17.6 Å². The van der Waals surface area contributed by atoms with Gasteiger partial charge >= 0.3 is 6.09 Å². The van der Waals surface area contributed by atoms with Crippen LogP contribution in [0.5, 0.6) is 0 Å². The highest BCUT2D eigenvalue weighted by Crippen LogP contribution is 2.27. The number of nitrogens with one attached hydrogen (secondary N) is 2. The monoisotopic (exact) mass is 491 g/mol. The second kappa shape index (κ2) is 10.1. The number of sulfonamides is 1. The molecule has 0 aromatic heterocycles. The van der Waals surface area contributed by atoms with Crippen molar-refractivity contribution in [2.45, 2.75) is 63.5 Å². The third-order valence-electron chi connectivity index (χ3n) is 5.33. The number of halogens is 1. The molecular formula is C24H30FN3O5S. The molecule has 1 fully saturated rings. The lowest BCUT2D eigenvalue weighted by molar-refractivity contribution is 0.0635. The smallest absolute Gasteiger partial charge is 0.412 e. The summed E-state index contributed by atoms with van der Waals surface area (Å²) in [7, 11) is -3.66. The Balaban J connectivity index is 1.76. The molecule has 2 aromatic rings. The molecule has 184 valence electrons. The minimum absolute atomic E-state index is 0.0368. The van der Waals surface area contributed by atoms with Crippen LogP contribution in [0.2, 0.25) is 0 Å². The van der Waals surface area contributed by atoms with Crippen LogP contribution in [0, 0.1) is 5.82 Å². The van der Waals surface area contributed by atoms with Gasteiger partial charge in [-0.15, -0.1) is 0 Å². The summed E-state index contributed by atoms with van der Waals surface area (Å²) in [5.74, 6) is -1.20. The van der Waals surface area contributed by atoms with Crippen LogP contribution >= 0.6 is 0 Å². The average molecular weight is 492 g/mol. The fraction of sp³-hybridized carbons (Fsp3) is 0.417. The van der Waals surface area contributed by atoms with Crippen molar-refractivity contribution in [3.8, 4) is 0 Å². The van der Waals surface area contributed by atoms with E-state index in [0.717, 1.165) is 31.4 Å². The van der Waals surface area contributed by atoms with Crippen molar-refractivity contribution in [1.82, 2.24) is 4.31 Å². The van der Waals surface area contributed by atoms with E-state index < -0.39 is 33.4 Å². The normalized spacial score (nSPS) is 17.1. The third kappa shape index (κ3) is 6.32. The highest BCUT2D eigenvalue weighted by Gasteiger charge is 2.31. The van der Waals surface area contributed by atoms with Crippen LogP contribution in [0.1, 0.15) is 57.3 Å². The van der Waals surface area contributed by atoms with Crippen LogP contribution in [-0.4, -0.2) is 42.9 Å². The van der Waals surface area contributed by atoms with E-state index in [4.69, 9.17) is 4.74 Å². The van der Waals surface area contributed by atoms with Crippen LogP contribution < -0.4 is 10.6 Å². The van der Waals surface area contributed by atoms with Crippen molar-refractivity contribution in [2.24, 2.45) is 0 Å². The highest BCUT2D eigenvalue weighted by molar-refractivity contribution is 7.89. The Morgan fingerprint density at radius 3 is 2.32 bits per heavy atom. The van der Waals surface area contributed by atoms with Gasteiger partial charge in [0, 0.05) is 18.2 Å². The first-order valence-corrected chi connectivity index (χ1v) is 12.5. The molecule has 0 aliphatic carbocycles. The van der Waals surface area contributed by atoms with Gasteiger partial charge in [-0.3, -0.25) is 10.1 Å². The average Bonchev–Trinajstić information content (AvgIpc) is 2.74. The van der Waals surface area contributed by atoms with Gasteiger partial charge in [0.1, 0.15) is 11.4 Å². The third-order valence-corrected chi connectivity index (χ3v) is 7.36. The predicted molar refractivity (Wildman–Crippen MR) is 128 cm³/mol. The number of ether oxygens (including phenoxy) is 1. The Labute approximate surface area is 199 Å². The van der Waals surface area contributed by atoms with E-state index in [1.54, 1.807) is 20.8 Å². The maximum atomic E-state index is 13.8. The fourth-order valence-corrected chi connectivity index (χ4v) is 5.38. The van der Waals surface area contributed by atoms with Gasteiger partial charge in [-0.05, 0) is 83.0 Å². The fourth-order valence-electron chi connectivity index (χ4n) is 3.68. The van der Waals surface area contributed by atoms with Crippen LogP contribution in [0.4, 0.5) is 20.6 Å². The van der Waals surface area contributed by atoms with E-state index in [0.29, 0.717) is 6.54 Å². The predicted octanol–water partition coefficient (Wildman–Crippen LogP) is 4.99. The van der Waals surface area contributed by atoms with Gasteiger partial charge in [-0.2, -0.15) is 4.31 Å². The molecule has 2 amide bonds. The van der Waals surface area contributed by atoms with Gasteiger partial charge in [0.2, 0.25) is 10.0 Å². The molecule has 8 nitrogen and oxygen atoms in total. The number of carbonyl (C=O) groups is 2. The molecule has 2 aromatic carbocycles. The first-order valence-electron chi connectivity index (χ1n) is 11.1. The molecule has 0 radical (unpaired) electrons. The van der Waals surface area contributed by atoms with Gasteiger partial charge in [0.15, 0.2) is 0 Å². The number of nitrogens with zero attached hydrogens (tertiary/aromatic N) is 1. The first-order chi connectivity index (χ1) is 15.9. The van der Waals surface area contributed by atoms with Crippen molar-refractivity contribution >= 4 is 33.4 Å². The number of carbonyl (C=O) groups excluding carboxylic acids is 2. The lowest BCUT2D eigenvalue weighted by Crippen LogP contribution is -2.41. The zero-order chi connectivity index (χ0) is 25.1. The molecule has 1 aliphatic rings. The molecule has 2 N–H and O–H groups in total. The Bertz CT molecular complexity index is 1160. The molecule has 0 spiro atoms. The standard InChI is InChI=1S/C24H30FN3O5S/c1-16-7-5-6-14-28(16)34(31,32)19-11-8-17(9-12-19)22(29)26-21-15-18(25)10-13-20(21)27-23(30)33-24(2,3)4/h8-13,15-16H,5-7,14H2,1-4H3,(H,26,29)(H,27,30). The molecule has 1 saturated heterocycles. The van der Waals surface area contributed by atoms with Crippen molar-refractivity contribution in [2.75, 3.05) is 17.2 Å². The lowest BCUT2D eigenvalue weighted by atomic mass is 10.1. The first kappa shape index (κ1) is 25.6. The molecule has 3 rings (SSSR count). The van der Waals surface area contributed by atoms with Gasteiger partial charge in [0.25, 0.3) is 5.91 Å². The largest absolute Gasteiger partial charge is 0.444 e. The number of hydrogen-bond donors (Lipinski definition) is 2. The minimum atomic E-state index is -3.66. The molecule has 34 heavy (non-hydrogen) atoms. The summed E-state index contributed by atoms with van der Waals surface area (Å²) in [4.78, 5) is 25.0. The van der Waals surface area contributed by atoms with Crippen LogP contribution in [-0.2, 0) is 14.8 Å². The maximum Gasteiger partial charge on any atom is 0.412 e. The number of benzene rings is 2. The zero-order valence-electron chi connectivity index (χ0n) is 19.7. The Hall–Kier alpha value is -2.98. The second-order valence-electron chi connectivity index (χ2n) is 9.26. The van der Waals surface area contributed by atoms with Crippen LogP contribution in [0.25, 0.3) is 0 Å². The van der Waals surface area contributed by atoms with Gasteiger partial charge < -0.3 is 10.1 Å². The summed E-state index contributed by atoms with van der Waals surface area (Å²) >= 11 is 0. The molecule has 0 saturated carbocycles. The quantitative estimate of drug-likeness (QED) is 0.613. The highest BCUT2D eigenvalue weighted by atomic mass is 32.2. The minimum Gasteiger partial charge on any atom is -0.444 e. The summed E-state index contributed by atoms with van der Waals surface area (Å²) in [6, 6.07) is 9.02. The molecule has 0 bridgehead atoms. The maximum absolute atomic E-state index is 13.8. The van der Waals surface area contributed by atoms with E-state index in [1.807, 2.05) is 6.92 Å². The van der Waals surface area contributed by atoms with E-state index in [-0.39, 0.29) is 27.9 Å². The zero-order valence-corrected chi connectivity index (χ0v) is 20.5. The lowest BCUT2D eigenvalue weighted by Gasteiger charge is -2.32. The number of rotatable bonds is 5. The summed E-state index contributed by atoms with van der Waals surface area (Å²) in [6.45, 7) is 7.47. The van der Waals surface area contributed by atoms with Crippen molar-refractivity contribution in [3.63, 3.8) is 0 Å². The molecule has 1 aliphatic heterocycles. The molecule has 1 unspecified atom stereocenters. The van der Waals surface area contributed by atoms with Crippen molar-refractivity contribution in [3.05, 3.63) is 53.8 Å². The Kier molecular flexibility index (Phi) is 7.62. The molecule has 1 atom stereocenters. The Morgan fingerprint density at radius 1 is 1.03 bits per heavy atom. The van der Waals surface area contributed by atoms with Crippen molar-refractivity contribution in [1.29, 1.82) is 0 Å². The second-order valence-corrected chi connectivity index (χ2v) is 11.1. The molecule has 1 heterocycles. The summed E-state index contributed by atoms with van der Waals surface area (Å²) in [6.07, 6.45) is 1.87. The van der Waals surface area contributed by atoms with E-state index in [9.17, 15) is 22.4 Å². The number of amides is 2. The summed E-state index contributed by atoms with van der Waals surface area (Å²) in [5.41, 5.74) is -0.364. The van der Waals surface area contributed by atoms with E-state index in [1.165, 1.54) is 34.6 Å². The summed E-state index contributed by atoms with van der Waals surface area (Å²) in [5, 5.41) is 5.05. The van der Waals surface area contributed by atoms with E-state index >= 15 is 0 Å². The van der Waals surface area contributed by atoms with Gasteiger partial charge in [0.05, 0.1) is 16.3 Å². The van der Waals surface area contributed by atoms with E-state index in [2.05, 4.69) is 10.6 Å². The molecular weight excluding hydrogens is 461 g/mol. The van der Waals surface area contributed by atoms with Crippen LogP contribution in [0.15, 0.2) is 47.4 Å².